The molecule has 16 heavy (non-hydrogen) atoms. The maximum absolute atomic E-state index is 11.6. The van der Waals surface area contributed by atoms with Crippen molar-refractivity contribution in [3.05, 3.63) is 33.4 Å². The maximum Gasteiger partial charge on any atom is 0.253 e. The number of amides is 1. The number of alkyl halides is 3. The summed E-state index contributed by atoms with van der Waals surface area (Å²) in [7, 11) is 0. The van der Waals surface area contributed by atoms with Crippen LogP contribution in [0.1, 0.15) is 10.4 Å². The molecule has 88 valence electrons. The normalized spacial score (nSPS) is 13.3. The fourth-order valence-electron chi connectivity index (χ4n) is 0.891. The second kappa shape index (κ2) is 5.73. The maximum atomic E-state index is 11.6. The second-order valence-electron chi connectivity index (χ2n) is 2.92. The van der Waals surface area contributed by atoms with Gasteiger partial charge >= 0.3 is 0 Å². The Labute approximate surface area is 121 Å². The molecule has 7 heteroatoms. The van der Waals surface area contributed by atoms with Gasteiger partial charge in [-0.05, 0) is 46.9 Å². The van der Waals surface area contributed by atoms with E-state index >= 15 is 0 Å². The van der Waals surface area contributed by atoms with Gasteiger partial charge in [0.15, 0.2) is 6.23 Å². The van der Waals surface area contributed by atoms with Gasteiger partial charge in [0.05, 0.1) is 0 Å². The van der Waals surface area contributed by atoms with Crippen molar-refractivity contribution in [1.82, 2.24) is 5.32 Å². The first-order valence-corrected chi connectivity index (χ1v) is 6.33. The topological polar surface area (TPSA) is 49.3 Å². The summed E-state index contributed by atoms with van der Waals surface area (Å²) in [5, 5.41) is 11.5. The van der Waals surface area contributed by atoms with Crippen molar-refractivity contribution in [2.75, 3.05) is 0 Å². The highest BCUT2D eigenvalue weighted by atomic mass is 127. The van der Waals surface area contributed by atoms with E-state index in [4.69, 9.17) is 34.8 Å². The monoisotopic (exact) mass is 393 g/mol. The van der Waals surface area contributed by atoms with E-state index < -0.39 is 15.9 Å². The third-order valence-corrected chi connectivity index (χ3v) is 3.02. The zero-order chi connectivity index (χ0) is 12.3. The van der Waals surface area contributed by atoms with Crippen LogP contribution >= 0.6 is 57.4 Å². The SMILES string of the molecule is O=C(N[C@H](O)C(Cl)(Cl)Cl)c1ccc(I)cc1. The molecule has 0 aliphatic heterocycles. The molecule has 0 aliphatic carbocycles. The highest BCUT2D eigenvalue weighted by molar-refractivity contribution is 14.1. The summed E-state index contributed by atoms with van der Waals surface area (Å²) in [5.74, 6) is -0.504. The lowest BCUT2D eigenvalue weighted by molar-refractivity contribution is 0.0791. The van der Waals surface area contributed by atoms with Gasteiger partial charge in [-0.2, -0.15) is 0 Å². The standard InChI is InChI=1S/C9H7Cl3INO2/c10-9(11,12)8(16)14-7(15)5-1-3-6(13)4-2-5/h1-4,8,16H,(H,14,15)/t8-/m1/s1. The lowest BCUT2D eigenvalue weighted by Crippen LogP contribution is -2.43. The number of hydrogen-bond donors (Lipinski definition) is 2. The molecule has 0 saturated heterocycles. The van der Waals surface area contributed by atoms with Crippen molar-refractivity contribution in [3.63, 3.8) is 0 Å². The summed E-state index contributed by atoms with van der Waals surface area (Å²) in [5.41, 5.74) is 0.383. The summed E-state index contributed by atoms with van der Waals surface area (Å²) >= 11 is 18.3. The predicted octanol–water partition coefficient (Wildman–Crippen LogP) is 2.71. The van der Waals surface area contributed by atoms with Gasteiger partial charge in [0.25, 0.3) is 5.91 Å². The molecular formula is C9H7Cl3INO2. The minimum atomic E-state index is -1.95. The van der Waals surface area contributed by atoms with E-state index in [1.165, 1.54) is 0 Å². The summed E-state index contributed by atoms with van der Waals surface area (Å²) < 4.78 is -0.949. The van der Waals surface area contributed by atoms with Crippen LogP contribution in [0.5, 0.6) is 0 Å². The zero-order valence-electron chi connectivity index (χ0n) is 7.75. The minimum absolute atomic E-state index is 0.383. The van der Waals surface area contributed by atoms with E-state index in [0.29, 0.717) is 5.56 Å². The van der Waals surface area contributed by atoms with Crippen LogP contribution in [0.2, 0.25) is 0 Å². The predicted molar refractivity (Wildman–Crippen MR) is 72.9 cm³/mol. The summed E-state index contributed by atoms with van der Waals surface area (Å²) in [4.78, 5) is 11.6. The average Bonchev–Trinajstić information content (AvgIpc) is 2.17. The zero-order valence-corrected chi connectivity index (χ0v) is 12.2. The van der Waals surface area contributed by atoms with Crippen molar-refractivity contribution >= 4 is 63.3 Å². The Morgan fingerprint density at radius 1 is 1.31 bits per heavy atom. The Balaban J connectivity index is 2.70. The number of nitrogens with one attached hydrogen (secondary N) is 1. The molecule has 0 aromatic heterocycles. The van der Waals surface area contributed by atoms with Crippen molar-refractivity contribution in [2.45, 2.75) is 10.0 Å². The summed E-state index contributed by atoms with van der Waals surface area (Å²) in [6.45, 7) is 0. The van der Waals surface area contributed by atoms with Gasteiger partial charge in [0, 0.05) is 9.13 Å². The average molecular weight is 394 g/mol. The van der Waals surface area contributed by atoms with Crippen LogP contribution in [0.3, 0.4) is 0 Å². The molecule has 0 aliphatic rings. The third-order valence-electron chi connectivity index (χ3n) is 1.68. The van der Waals surface area contributed by atoms with Gasteiger partial charge in [-0.15, -0.1) is 0 Å². The largest absolute Gasteiger partial charge is 0.369 e. The first kappa shape index (κ1) is 14.3. The highest BCUT2D eigenvalue weighted by Gasteiger charge is 2.32. The number of hydrogen-bond acceptors (Lipinski definition) is 2. The Morgan fingerprint density at radius 3 is 2.25 bits per heavy atom. The fraction of sp³-hybridized carbons (Fsp3) is 0.222. The van der Waals surface area contributed by atoms with E-state index in [-0.39, 0.29) is 0 Å². The van der Waals surface area contributed by atoms with Gasteiger partial charge in [0.2, 0.25) is 3.79 Å². The van der Waals surface area contributed by atoms with E-state index in [1.807, 2.05) is 0 Å². The molecule has 1 aromatic carbocycles. The molecule has 1 rings (SSSR count). The number of halogens is 4. The van der Waals surface area contributed by atoms with E-state index in [2.05, 4.69) is 27.9 Å². The van der Waals surface area contributed by atoms with Crippen LogP contribution < -0.4 is 5.32 Å². The second-order valence-corrected chi connectivity index (χ2v) is 6.54. The first-order chi connectivity index (χ1) is 7.30. The van der Waals surface area contributed by atoms with E-state index in [0.717, 1.165) is 3.57 Å². The Morgan fingerprint density at radius 2 is 1.81 bits per heavy atom. The molecule has 0 bridgehead atoms. The van der Waals surface area contributed by atoms with Crippen LogP contribution in [-0.2, 0) is 0 Å². The van der Waals surface area contributed by atoms with Crippen LogP contribution in [0.4, 0.5) is 0 Å². The van der Waals surface area contributed by atoms with Gasteiger partial charge in [-0.25, -0.2) is 0 Å². The lowest BCUT2D eigenvalue weighted by Gasteiger charge is -2.19. The summed E-state index contributed by atoms with van der Waals surface area (Å²) in [6.07, 6.45) is -1.55. The Kier molecular flexibility index (Phi) is 5.12. The molecule has 0 unspecified atom stereocenters. The van der Waals surface area contributed by atoms with Crippen molar-refractivity contribution in [3.8, 4) is 0 Å². The van der Waals surface area contributed by atoms with Crippen molar-refractivity contribution < 1.29 is 9.90 Å². The molecule has 0 radical (unpaired) electrons. The molecule has 1 aromatic rings. The van der Waals surface area contributed by atoms with Gasteiger partial charge in [0.1, 0.15) is 0 Å². The van der Waals surface area contributed by atoms with E-state index in [9.17, 15) is 9.90 Å². The van der Waals surface area contributed by atoms with Crippen LogP contribution in [0, 0.1) is 3.57 Å². The number of aliphatic hydroxyl groups is 1. The van der Waals surface area contributed by atoms with E-state index in [1.54, 1.807) is 24.3 Å². The third kappa shape index (κ3) is 4.25. The summed E-state index contributed by atoms with van der Waals surface area (Å²) in [6, 6.07) is 6.75. The highest BCUT2D eigenvalue weighted by Crippen LogP contribution is 2.28. The number of benzene rings is 1. The molecular weight excluding hydrogens is 387 g/mol. The van der Waals surface area contributed by atoms with Crippen LogP contribution in [-0.4, -0.2) is 21.0 Å². The molecule has 1 atom stereocenters. The number of rotatable bonds is 2. The number of carbonyl (C=O) groups excluding carboxylic acids is 1. The van der Waals surface area contributed by atoms with Crippen LogP contribution in [0.15, 0.2) is 24.3 Å². The fourth-order valence-corrected chi connectivity index (χ4v) is 1.41. The first-order valence-electron chi connectivity index (χ1n) is 4.12. The molecule has 0 fully saturated rings. The minimum Gasteiger partial charge on any atom is -0.369 e. The van der Waals surface area contributed by atoms with Crippen molar-refractivity contribution in [1.29, 1.82) is 0 Å². The Bertz CT molecular complexity index is 377. The van der Waals surface area contributed by atoms with Gasteiger partial charge in [-0.3, -0.25) is 4.79 Å². The number of aliphatic hydroxyl groups excluding tert-OH is 1. The van der Waals surface area contributed by atoms with Crippen molar-refractivity contribution in [2.24, 2.45) is 0 Å². The smallest absolute Gasteiger partial charge is 0.253 e. The molecule has 3 nitrogen and oxygen atoms in total. The number of carbonyl (C=O) groups is 1. The lowest BCUT2D eigenvalue weighted by atomic mass is 10.2. The molecule has 0 spiro atoms. The van der Waals surface area contributed by atoms with Crippen LogP contribution in [0.25, 0.3) is 0 Å². The Hall–Kier alpha value is 0.250. The molecule has 2 N–H and O–H groups in total. The quantitative estimate of drug-likeness (QED) is 0.460. The molecule has 0 heterocycles. The molecule has 0 saturated carbocycles. The van der Waals surface area contributed by atoms with Gasteiger partial charge < -0.3 is 10.4 Å². The molecule has 1 amide bonds. The van der Waals surface area contributed by atoms with Gasteiger partial charge in [-0.1, -0.05) is 34.8 Å².